The standard InChI is InChI=1S/C87H120N24O20S/c1-8-10-28-66-80(125)100-57(27-19-31-93-87(90)91)76(121)106-65(75(120)96-42-70(89)114)45-132-46-72(116)99-60(33-49-21-13-12-14-22-49)83(128)108(5)48(3)74(119)102-62(37-69(88)113)85(130)111-32-20-30-67(111)81(126)101-59(36-52-41-92-47-97-52)78(123)104-63(38-73(117)118)82(127)107(4)43-71(115)98-58(34-50-39-94-55-25-17-15-23-53(50)55)77(122)105-64(44-112)79(124)103-61(35-51-40-95-56-26-18-16-24-54(51)56)84(129)110(7)68(29-11-9-2)86(131)109(66)6/h12-18,21-26,39-41,47-48,57-68,94-95,112H,8-11,19-20,27-38,42-46H2,1-7H3,(H2,88,113)(H2,89,114)(H,92,97)(H,96,120)(H,98,115)(H,99,116)(H,100,125)(H,101,126)(H,102,119)(H,103,124)(H,104,123)(H,105,122)(H,106,121)(H,117,118)(H4,90,91,93)/t48-,57-,58-,59-,60-,61-,62-,63-,64-,65-,66-,67-,68-/m0/s1. The van der Waals surface area contributed by atoms with E-state index in [-0.39, 0.29) is 76.6 Å². The number of unbranched alkanes of at least 4 members (excludes halogenated alkanes) is 2. The van der Waals surface area contributed by atoms with E-state index in [1.54, 1.807) is 91.3 Å². The highest BCUT2D eigenvalue weighted by molar-refractivity contribution is 8.00. The number of carboxylic acid groups (broad SMARTS) is 1. The van der Waals surface area contributed by atoms with Crippen molar-refractivity contribution in [1.82, 2.24) is 103 Å². The van der Waals surface area contributed by atoms with Crippen molar-refractivity contribution in [3.8, 4) is 0 Å². The Morgan fingerprint density at radius 2 is 1.05 bits per heavy atom. The zero-order valence-electron chi connectivity index (χ0n) is 74.7. The van der Waals surface area contributed by atoms with E-state index in [1.165, 1.54) is 40.6 Å². The highest BCUT2D eigenvalue weighted by Gasteiger charge is 2.44. The van der Waals surface area contributed by atoms with E-state index in [0.29, 0.717) is 64.2 Å². The van der Waals surface area contributed by atoms with E-state index in [4.69, 9.17) is 22.6 Å². The Labute approximate surface area is 765 Å². The van der Waals surface area contributed by atoms with E-state index in [9.17, 15) is 72.5 Å². The maximum Gasteiger partial charge on any atom is 0.305 e. The van der Waals surface area contributed by atoms with E-state index in [2.05, 4.69) is 78.4 Å². The van der Waals surface area contributed by atoms with Gasteiger partial charge in [0, 0.05) is 119 Å². The second-order valence-corrected chi connectivity index (χ2v) is 33.7. The highest BCUT2D eigenvalue weighted by Crippen LogP contribution is 2.26. The molecule has 714 valence electrons. The average Bonchev–Trinajstić information content (AvgIpc) is 1.48. The van der Waals surface area contributed by atoms with Crippen molar-refractivity contribution in [1.29, 1.82) is 5.41 Å². The zero-order valence-corrected chi connectivity index (χ0v) is 75.5. The van der Waals surface area contributed by atoms with Gasteiger partial charge in [-0.25, -0.2) is 4.98 Å². The van der Waals surface area contributed by atoms with Gasteiger partial charge in [-0.15, -0.1) is 11.8 Å². The van der Waals surface area contributed by atoms with Gasteiger partial charge in [-0.05, 0) is 74.3 Å². The van der Waals surface area contributed by atoms with Gasteiger partial charge in [-0.3, -0.25) is 91.7 Å². The number of carbonyl (C=O) groups is 18. The molecule has 0 bridgehead atoms. The number of rotatable bonds is 26. The van der Waals surface area contributed by atoms with Gasteiger partial charge >= 0.3 is 5.97 Å². The number of guanidine groups is 1. The summed E-state index contributed by atoms with van der Waals surface area (Å²) in [5.41, 5.74) is 19.7. The van der Waals surface area contributed by atoms with Crippen LogP contribution in [0.5, 0.6) is 0 Å². The molecule has 0 unspecified atom stereocenters. The number of hydrogen-bond acceptors (Lipinski definition) is 22. The maximum absolute atomic E-state index is 15.7. The average molecular weight is 1850 g/mol. The molecular formula is C87H120N24O20S. The molecular weight excluding hydrogens is 1730 g/mol. The number of amides is 17. The predicted molar refractivity (Wildman–Crippen MR) is 482 cm³/mol. The lowest BCUT2D eigenvalue weighted by molar-refractivity contribution is -0.149. The van der Waals surface area contributed by atoms with Crippen molar-refractivity contribution in [2.45, 2.75) is 202 Å². The van der Waals surface area contributed by atoms with Gasteiger partial charge in [-0.2, -0.15) is 0 Å². The van der Waals surface area contributed by atoms with Gasteiger partial charge in [-0.1, -0.05) is 106 Å². The number of nitrogens with two attached hydrogens (primary N) is 3. The number of carboxylic acids is 1. The third-order valence-electron chi connectivity index (χ3n) is 22.8. The summed E-state index contributed by atoms with van der Waals surface area (Å²) in [6.45, 7) is 1.99. The SMILES string of the molecule is CCCC[C@H]1C(=O)N(C)[C@@H](CCCC)C(=O)N[C@@H](CCCNC(=N)N)C(=O)N[C@H](C(=O)NCC(N)=O)CSCC(=O)N[C@@H](Cc2ccccc2)C(=O)N(C)[C@@H](C)C(=O)N[C@@H](CC(N)=O)C(=O)N2CCC[C@H]2C(=O)N[C@@H](Cc2cnc[nH]2)C(=O)N[C@@H](CC(=O)O)C(=O)N(C)CC(=O)N[C@@H](Cc2c[nH]c3ccccc23)C(=O)N[C@@H](CO)C(=O)N[C@@H](Cc2c[nH]c3ccccc23)C(=O)N1C. The fourth-order valence-corrected chi connectivity index (χ4v) is 16.3. The number of nitrogens with one attached hydrogen (secondary N) is 15. The molecule has 0 saturated carbocycles. The molecule has 0 spiro atoms. The Hall–Kier alpha value is -14.0. The van der Waals surface area contributed by atoms with Crippen LogP contribution in [0, 0.1) is 5.41 Å². The number of likely N-dealkylation sites (N-methyl/N-ethyl adjacent to an activating group) is 4. The summed E-state index contributed by atoms with van der Waals surface area (Å²) in [6.07, 6.45) is 4.06. The van der Waals surface area contributed by atoms with Crippen molar-refractivity contribution in [3.05, 3.63) is 126 Å². The topological polar surface area (TPSA) is 658 Å². The normalized spacial score (nSPS) is 23.4. The number of primary amides is 2. The molecule has 2 saturated heterocycles. The first-order valence-electron chi connectivity index (χ1n) is 43.4. The predicted octanol–water partition coefficient (Wildman–Crippen LogP) is -3.71. The molecule has 2 aliphatic rings. The number of aliphatic hydroxyl groups excluding tert-OH is 1. The van der Waals surface area contributed by atoms with Crippen molar-refractivity contribution in [2.75, 3.05) is 72.5 Å². The van der Waals surface area contributed by atoms with Crippen molar-refractivity contribution in [2.24, 2.45) is 17.2 Å². The van der Waals surface area contributed by atoms with Gasteiger partial charge in [0.05, 0.1) is 44.6 Å². The first-order chi connectivity index (χ1) is 62.9. The molecule has 6 aromatic rings. The number of carbonyl (C=O) groups excluding carboxylic acids is 17. The second kappa shape index (κ2) is 50.2. The Kier molecular flexibility index (Phi) is 39.3. The quantitative estimate of drug-likeness (QED) is 0.0141. The Bertz CT molecular complexity index is 5110. The lowest BCUT2D eigenvalue weighted by Gasteiger charge is -2.36. The van der Waals surface area contributed by atoms with Crippen molar-refractivity contribution < 1.29 is 96.5 Å². The number of thioether (sulfide) groups is 1. The smallest absolute Gasteiger partial charge is 0.305 e. The number of aromatic nitrogens is 4. The molecule has 132 heavy (non-hydrogen) atoms. The van der Waals surface area contributed by atoms with Crippen LogP contribution in [0.15, 0.2) is 104 Å². The number of para-hydroxylation sites is 2. The molecule has 13 atom stereocenters. The highest BCUT2D eigenvalue weighted by atomic mass is 32.2. The third kappa shape index (κ3) is 29.8. The van der Waals surface area contributed by atoms with E-state index in [0.717, 1.165) is 43.3 Å². The first-order valence-corrected chi connectivity index (χ1v) is 44.6. The Balaban J connectivity index is 1.18. The van der Waals surface area contributed by atoms with E-state index < -0.39 is 241 Å². The number of hydrogen-bond donors (Lipinski definition) is 20. The number of fused-ring (bicyclic) bond motifs is 3. The van der Waals surface area contributed by atoms with Crippen LogP contribution in [0.25, 0.3) is 21.8 Å². The van der Waals surface area contributed by atoms with Crippen LogP contribution in [-0.4, -0.2) is 318 Å². The fraction of sp³-hybridized carbons (Fsp3) is 0.494. The van der Waals surface area contributed by atoms with Crippen LogP contribution in [0.4, 0.5) is 0 Å². The fourth-order valence-electron chi connectivity index (χ4n) is 15.5. The number of nitrogens with zero attached hydrogens (tertiary/aromatic N) is 6. The lowest BCUT2D eigenvalue weighted by atomic mass is 10.00. The number of benzene rings is 3. The van der Waals surface area contributed by atoms with Gasteiger partial charge in [0.15, 0.2) is 5.96 Å². The molecule has 45 heteroatoms. The summed E-state index contributed by atoms with van der Waals surface area (Å²) >= 11 is 0.777. The molecule has 17 amide bonds. The van der Waals surface area contributed by atoms with Gasteiger partial charge < -0.3 is 125 Å². The van der Waals surface area contributed by atoms with Crippen LogP contribution in [-0.2, 0) is 112 Å². The molecule has 2 fully saturated rings. The largest absolute Gasteiger partial charge is 0.481 e. The molecule has 5 heterocycles. The maximum atomic E-state index is 15.7. The summed E-state index contributed by atoms with van der Waals surface area (Å²) in [5.74, 6) is -19.8. The van der Waals surface area contributed by atoms with Gasteiger partial charge in [0.1, 0.15) is 78.5 Å². The molecule has 3 aromatic carbocycles. The van der Waals surface area contributed by atoms with E-state index >= 15 is 24.0 Å². The van der Waals surface area contributed by atoms with Gasteiger partial charge in [0.25, 0.3) is 0 Å². The molecule has 3 aromatic heterocycles. The van der Waals surface area contributed by atoms with Crippen molar-refractivity contribution in [3.63, 3.8) is 0 Å². The summed E-state index contributed by atoms with van der Waals surface area (Å²) < 4.78 is 0. The summed E-state index contributed by atoms with van der Waals surface area (Å²) in [4.78, 5) is 278. The van der Waals surface area contributed by atoms with Gasteiger partial charge in [0.2, 0.25) is 100 Å². The first kappa shape index (κ1) is 103. The minimum Gasteiger partial charge on any atom is -0.481 e. The van der Waals surface area contributed by atoms with Crippen LogP contribution in [0.1, 0.15) is 120 Å². The second-order valence-electron chi connectivity index (χ2n) is 32.6. The zero-order chi connectivity index (χ0) is 96.6. The summed E-state index contributed by atoms with van der Waals surface area (Å²) in [5, 5.41) is 58.7. The summed E-state index contributed by atoms with van der Waals surface area (Å²) in [7, 11) is 4.98. The van der Waals surface area contributed by atoms with Crippen LogP contribution < -0.4 is 75.7 Å². The summed E-state index contributed by atoms with van der Waals surface area (Å²) in [6, 6.07) is 1.29. The number of imidazole rings is 1. The molecule has 0 aliphatic carbocycles. The van der Waals surface area contributed by atoms with Crippen molar-refractivity contribution >= 4 is 146 Å². The molecule has 23 N–H and O–H groups in total. The van der Waals surface area contributed by atoms with Crippen LogP contribution >= 0.6 is 11.8 Å². The van der Waals surface area contributed by atoms with Crippen LogP contribution in [0.3, 0.4) is 0 Å². The lowest BCUT2D eigenvalue weighted by Crippen LogP contribution is -2.61. The molecule has 2 aliphatic heterocycles. The number of aliphatic carboxylic acids is 1. The monoisotopic (exact) mass is 1850 g/mol. The number of H-pyrrole nitrogens is 3. The number of aromatic amines is 3. The third-order valence-corrected chi connectivity index (χ3v) is 23.8. The molecule has 44 nitrogen and oxygen atoms in total. The minimum absolute atomic E-state index is 0.0105. The van der Waals surface area contributed by atoms with Crippen LogP contribution in [0.2, 0.25) is 0 Å². The van der Waals surface area contributed by atoms with E-state index in [1.807, 2.05) is 13.8 Å². The Morgan fingerprint density at radius 3 is 1.65 bits per heavy atom. The Morgan fingerprint density at radius 1 is 0.523 bits per heavy atom. The molecule has 0 radical (unpaired) electrons. The minimum atomic E-state index is -1.99. The number of aliphatic hydroxyl groups is 1. The molecule has 8 rings (SSSR count).